The number of benzene rings is 3. The van der Waals surface area contributed by atoms with Crippen LogP contribution in [-0.4, -0.2) is 17.5 Å². The van der Waals surface area contributed by atoms with Crippen LogP contribution in [0.2, 0.25) is 0 Å². The standard InChI is InChI=1S/C25H24N2O3/c1-3-17(2)18-9-12-21(13-10-18)29-16-24(28)26-20-11-14-23-22(15-20)27-25(30-23)19-7-5-4-6-8-19/h4-15,17H,3,16H2,1-2H3,(H,26,28)/t17-/m0/s1. The SMILES string of the molecule is CC[C@H](C)c1ccc(OCC(=O)Nc2ccc3oc(-c4ccccc4)nc3c2)cc1. The third-order valence-corrected chi connectivity index (χ3v) is 5.12. The molecule has 5 heteroatoms. The highest BCUT2D eigenvalue weighted by atomic mass is 16.5. The molecular formula is C25H24N2O3. The normalized spacial score (nSPS) is 11.9. The number of nitrogens with one attached hydrogen (secondary N) is 1. The summed E-state index contributed by atoms with van der Waals surface area (Å²) in [5.41, 5.74) is 4.19. The Morgan fingerprint density at radius 2 is 1.83 bits per heavy atom. The number of hydrogen-bond acceptors (Lipinski definition) is 4. The summed E-state index contributed by atoms with van der Waals surface area (Å²) in [5.74, 6) is 1.51. The van der Waals surface area contributed by atoms with Crippen LogP contribution >= 0.6 is 0 Å². The van der Waals surface area contributed by atoms with Crippen molar-refractivity contribution in [2.24, 2.45) is 0 Å². The first-order valence-electron chi connectivity index (χ1n) is 10.1. The molecule has 0 unspecified atom stereocenters. The van der Waals surface area contributed by atoms with E-state index in [1.807, 2.05) is 54.6 Å². The van der Waals surface area contributed by atoms with E-state index in [1.54, 1.807) is 18.2 Å². The largest absolute Gasteiger partial charge is 0.484 e. The molecule has 5 nitrogen and oxygen atoms in total. The van der Waals surface area contributed by atoms with Crippen molar-refractivity contribution in [3.8, 4) is 17.2 Å². The fraction of sp³-hybridized carbons (Fsp3) is 0.200. The van der Waals surface area contributed by atoms with Gasteiger partial charge in [-0.3, -0.25) is 4.79 Å². The number of carbonyl (C=O) groups is 1. The second-order valence-corrected chi connectivity index (χ2v) is 7.28. The molecule has 0 saturated heterocycles. The minimum atomic E-state index is -0.230. The quantitative estimate of drug-likeness (QED) is 0.412. The molecule has 0 bridgehead atoms. The molecule has 152 valence electrons. The highest BCUT2D eigenvalue weighted by molar-refractivity contribution is 5.94. The summed E-state index contributed by atoms with van der Waals surface area (Å²) in [6, 6.07) is 23.0. The van der Waals surface area contributed by atoms with Crippen molar-refractivity contribution in [3.05, 3.63) is 78.4 Å². The Kier molecular flexibility index (Phi) is 5.80. The minimum absolute atomic E-state index is 0.0607. The van der Waals surface area contributed by atoms with Gasteiger partial charge in [0.05, 0.1) is 0 Å². The molecule has 1 amide bonds. The lowest BCUT2D eigenvalue weighted by Gasteiger charge is -2.11. The summed E-state index contributed by atoms with van der Waals surface area (Å²) in [7, 11) is 0. The predicted molar refractivity (Wildman–Crippen MR) is 119 cm³/mol. The number of nitrogens with zero attached hydrogens (tertiary/aromatic N) is 1. The first kappa shape index (κ1) is 19.7. The van der Waals surface area contributed by atoms with Gasteiger partial charge in [-0.05, 0) is 60.4 Å². The number of carbonyl (C=O) groups excluding carboxylic acids is 1. The van der Waals surface area contributed by atoms with Crippen LogP contribution in [0.3, 0.4) is 0 Å². The van der Waals surface area contributed by atoms with Crippen LogP contribution in [0, 0.1) is 0 Å². The van der Waals surface area contributed by atoms with Gasteiger partial charge in [0.15, 0.2) is 12.2 Å². The molecule has 0 saturated carbocycles. The maximum Gasteiger partial charge on any atom is 0.262 e. The van der Waals surface area contributed by atoms with Crippen molar-refractivity contribution < 1.29 is 13.9 Å². The molecule has 0 fully saturated rings. The first-order valence-corrected chi connectivity index (χ1v) is 10.1. The van der Waals surface area contributed by atoms with Gasteiger partial charge in [0.1, 0.15) is 11.3 Å². The van der Waals surface area contributed by atoms with Gasteiger partial charge in [-0.25, -0.2) is 4.98 Å². The molecule has 4 aromatic rings. The summed E-state index contributed by atoms with van der Waals surface area (Å²) in [5, 5.41) is 2.85. The average molecular weight is 400 g/mol. The smallest absolute Gasteiger partial charge is 0.262 e. The van der Waals surface area contributed by atoms with Gasteiger partial charge < -0.3 is 14.5 Å². The number of rotatable bonds is 7. The second kappa shape index (κ2) is 8.82. The Bertz CT molecular complexity index is 1130. The number of amides is 1. The zero-order chi connectivity index (χ0) is 20.9. The van der Waals surface area contributed by atoms with Crippen LogP contribution in [0.5, 0.6) is 5.75 Å². The van der Waals surface area contributed by atoms with Crippen LogP contribution in [0.1, 0.15) is 31.7 Å². The van der Waals surface area contributed by atoms with Gasteiger partial charge in [0, 0.05) is 11.3 Å². The fourth-order valence-corrected chi connectivity index (χ4v) is 3.18. The van der Waals surface area contributed by atoms with E-state index in [9.17, 15) is 4.79 Å². The second-order valence-electron chi connectivity index (χ2n) is 7.28. The summed E-state index contributed by atoms with van der Waals surface area (Å²) < 4.78 is 11.4. The van der Waals surface area contributed by atoms with Crippen molar-refractivity contribution in [3.63, 3.8) is 0 Å². The van der Waals surface area contributed by atoms with Crippen molar-refractivity contribution in [2.45, 2.75) is 26.2 Å². The molecule has 3 aromatic carbocycles. The number of ether oxygens (including phenoxy) is 1. The lowest BCUT2D eigenvalue weighted by Crippen LogP contribution is -2.20. The van der Waals surface area contributed by atoms with Crippen LogP contribution in [0.4, 0.5) is 5.69 Å². The van der Waals surface area contributed by atoms with Gasteiger partial charge in [0.2, 0.25) is 5.89 Å². The first-order chi connectivity index (χ1) is 14.6. The molecule has 1 N–H and O–H groups in total. The molecule has 30 heavy (non-hydrogen) atoms. The Labute approximate surface area is 175 Å². The summed E-state index contributed by atoms with van der Waals surface area (Å²) in [6.07, 6.45) is 1.09. The molecule has 0 aliphatic rings. The van der Waals surface area contributed by atoms with Gasteiger partial charge >= 0.3 is 0 Å². The Morgan fingerprint density at radius 1 is 1.07 bits per heavy atom. The number of anilines is 1. The molecule has 1 atom stereocenters. The van der Waals surface area contributed by atoms with Gasteiger partial charge in [-0.1, -0.05) is 44.2 Å². The molecule has 0 aliphatic carbocycles. The van der Waals surface area contributed by atoms with Crippen molar-refractivity contribution in [1.82, 2.24) is 4.98 Å². The number of aromatic nitrogens is 1. The fourth-order valence-electron chi connectivity index (χ4n) is 3.18. The zero-order valence-corrected chi connectivity index (χ0v) is 17.1. The number of hydrogen-bond donors (Lipinski definition) is 1. The summed E-state index contributed by atoms with van der Waals surface area (Å²) in [6.45, 7) is 4.30. The molecule has 0 spiro atoms. The average Bonchev–Trinajstić information content (AvgIpc) is 3.21. The van der Waals surface area contributed by atoms with E-state index < -0.39 is 0 Å². The van der Waals surface area contributed by atoms with E-state index in [0.29, 0.717) is 34.3 Å². The van der Waals surface area contributed by atoms with Crippen LogP contribution in [0.25, 0.3) is 22.6 Å². The minimum Gasteiger partial charge on any atom is -0.484 e. The third kappa shape index (κ3) is 4.51. The number of oxazole rings is 1. The van der Waals surface area contributed by atoms with Gasteiger partial charge in [-0.15, -0.1) is 0 Å². The maximum absolute atomic E-state index is 12.3. The third-order valence-electron chi connectivity index (χ3n) is 5.12. The van der Waals surface area contributed by atoms with Crippen LogP contribution < -0.4 is 10.1 Å². The van der Waals surface area contributed by atoms with Crippen molar-refractivity contribution >= 4 is 22.7 Å². The highest BCUT2D eigenvalue weighted by Gasteiger charge is 2.10. The van der Waals surface area contributed by atoms with E-state index in [-0.39, 0.29) is 12.5 Å². The topological polar surface area (TPSA) is 64.4 Å². The van der Waals surface area contributed by atoms with Gasteiger partial charge in [0.25, 0.3) is 5.91 Å². The van der Waals surface area contributed by atoms with Crippen molar-refractivity contribution in [2.75, 3.05) is 11.9 Å². The summed E-state index contributed by atoms with van der Waals surface area (Å²) in [4.78, 5) is 16.8. The van der Waals surface area contributed by atoms with E-state index >= 15 is 0 Å². The molecule has 4 rings (SSSR count). The maximum atomic E-state index is 12.3. The molecular weight excluding hydrogens is 376 g/mol. The molecule has 1 heterocycles. The Balaban J connectivity index is 1.38. The van der Waals surface area contributed by atoms with E-state index in [0.717, 1.165) is 12.0 Å². The molecule has 0 radical (unpaired) electrons. The lowest BCUT2D eigenvalue weighted by atomic mass is 9.99. The van der Waals surface area contributed by atoms with E-state index in [2.05, 4.69) is 24.1 Å². The predicted octanol–water partition coefficient (Wildman–Crippen LogP) is 6.03. The molecule has 0 aliphatic heterocycles. The van der Waals surface area contributed by atoms with E-state index in [1.165, 1.54) is 5.56 Å². The number of fused-ring (bicyclic) bond motifs is 1. The lowest BCUT2D eigenvalue weighted by molar-refractivity contribution is -0.118. The van der Waals surface area contributed by atoms with Crippen LogP contribution in [-0.2, 0) is 4.79 Å². The molecule has 1 aromatic heterocycles. The van der Waals surface area contributed by atoms with Crippen molar-refractivity contribution in [1.29, 1.82) is 0 Å². The van der Waals surface area contributed by atoms with E-state index in [4.69, 9.17) is 9.15 Å². The summed E-state index contributed by atoms with van der Waals surface area (Å²) >= 11 is 0. The Morgan fingerprint density at radius 3 is 2.57 bits per heavy atom. The monoisotopic (exact) mass is 400 g/mol. The van der Waals surface area contributed by atoms with Gasteiger partial charge in [-0.2, -0.15) is 0 Å². The van der Waals surface area contributed by atoms with Crippen LogP contribution in [0.15, 0.2) is 77.2 Å². The Hall–Kier alpha value is -3.60. The zero-order valence-electron chi connectivity index (χ0n) is 17.1. The highest BCUT2D eigenvalue weighted by Crippen LogP contribution is 2.26.